The lowest BCUT2D eigenvalue weighted by Crippen LogP contribution is -2.40. The number of carbonyl (C=O) groups is 1. The van der Waals surface area contributed by atoms with Gasteiger partial charge in [0.15, 0.2) is 5.69 Å². The zero-order valence-electron chi connectivity index (χ0n) is 18.8. The Morgan fingerprint density at radius 2 is 1.74 bits per heavy atom. The molecule has 1 aliphatic heterocycles. The Bertz CT molecular complexity index is 1100. The maximum atomic E-state index is 13.6. The van der Waals surface area contributed by atoms with E-state index in [4.69, 9.17) is 9.15 Å². The van der Waals surface area contributed by atoms with Gasteiger partial charge in [0, 0.05) is 25.7 Å². The first-order valence-corrected chi connectivity index (χ1v) is 11.1. The van der Waals surface area contributed by atoms with Gasteiger partial charge in [0.05, 0.1) is 25.3 Å². The first-order chi connectivity index (χ1) is 16.3. The third-order valence-corrected chi connectivity index (χ3v) is 5.93. The van der Waals surface area contributed by atoms with E-state index in [-0.39, 0.29) is 42.2 Å². The number of morpholine rings is 1. The van der Waals surface area contributed by atoms with Gasteiger partial charge in [-0.2, -0.15) is 13.2 Å². The highest BCUT2D eigenvalue weighted by Crippen LogP contribution is 2.34. The summed E-state index contributed by atoms with van der Waals surface area (Å²) in [6.45, 7) is 3.99. The molecule has 1 saturated heterocycles. The van der Waals surface area contributed by atoms with Gasteiger partial charge in [-0.05, 0) is 24.1 Å². The average Bonchev–Trinajstić information content (AvgIpc) is 3.32. The zero-order chi connectivity index (χ0) is 24.1. The molecule has 9 heteroatoms. The summed E-state index contributed by atoms with van der Waals surface area (Å²) in [5.41, 5.74) is 0.618. The Hall–Kier alpha value is -3.17. The molecule has 0 radical (unpaired) electrons. The number of nitrogens with zero attached hydrogens (tertiary/aromatic N) is 3. The van der Waals surface area contributed by atoms with Crippen molar-refractivity contribution in [3.05, 3.63) is 89.1 Å². The van der Waals surface area contributed by atoms with Crippen LogP contribution in [0.25, 0.3) is 0 Å². The van der Waals surface area contributed by atoms with Crippen LogP contribution in [0, 0.1) is 0 Å². The molecule has 2 aromatic carbocycles. The monoisotopic (exact) mass is 473 g/mol. The van der Waals surface area contributed by atoms with E-state index in [1.165, 1.54) is 18.4 Å². The van der Waals surface area contributed by atoms with Crippen molar-refractivity contribution in [3.63, 3.8) is 0 Å². The molecule has 3 aromatic rings. The van der Waals surface area contributed by atoms with E-state index in [1.54, 1.807) is 11.0 Å². The van der Waals surface area contributed by atoms with Crippen molar-refractivity contribution in [2.75, 3.05) is 26.3 Å². The minimum Gasteiger partial charge on any atom is -0.447 e. The number of aromatic nitrogens is 1. The van der Waals surface area contributed by atoms with Crippen molar-refractivity contribution < 1.29 is 27.1 Å². The van der Waals surface area contributed by atoms with E-state index in [9.17, 15) is 18.0 Å². The molecule has 2 heterocycles. The average molecular weight is 473 g/mol. The first kappa shape index (κ1) is 24.0. The van der Waals surface area contributed by atoms with E-state index < -0.39 is 11.7 Å². The van der Waals surface area contributed by atoms with Gasteiger partial charge in [-0.1, -0.05) is 48.5 Å². The first-order valence-electron chi connectivity index (χ1n) is 11.1. The molecule has 6 nitrogen and oxygen atoms in total. The summed E-state index contributed by atoms with van der Waals surface area (Å²) in [7, 11) is 0. The normalized spacial score (nSPS) is 15.5. The summed E-state index contributed by atoms with van der Waals surface area (Å²) in [6.07, 6.45) is -3.15. The lowest BCUT2D eigenvalue weighted by atomic mass is 10.0. The van der Waals surface area contributed by atoms with E-state index in [1.807, 2.05) is 42.2 Å². The number of hydrogen-bond donors (Lipinski definition) is 0. The third kappa shape index (κ3) is 5.66. The lowest BCUT2D eigenvalue weighted by Gasteiger charge is -2.29. The van der Waals surface area contributed by atoms with Crippen LogP contribution in [0.5, 0.6) is 0 Å². The number of amides is 1. The summed E-state index contributed by atoms with van der Waals surface area (Å²) in [5.74, 6) is 0.0206. The lowest BCUT2D eigenvalue weighted by molar-refractivity contribution is -0.138. The number of oxazole rings is 1. The number of benzene rings is 2. The van der Waals surface area contributed by atoms with Crippen LogP contribution in [-0.2, 0) is 24.0 Å². The van der Waals surface area contributed by atoms with Crippen molar-refractivity contribution in [2.24, 2.45) is 0 Å². The Morgan fingerprint density at radius 3 is 2.44 bits per heavy atom. The van der Waals surface area contributed by atoms with Gasteiger partial charge in [0.25, 0.3) is 5.91 Å². The predicted molar refractivity (Wildman–Crippen MR) is 119 cm³/mol. The number of halogens is 3. The second-order valence-corrected chi connectivity index (χ2v) is 8.18. The van der Waals surface area contributed by atoms with Crippen molar-refractivity contribution in [1.82, 2.24) is 14.8 Å². The Balaban J connectivity index is 1.59. The summed E-state index contributed by atoms with van der Waals surface area (Å²) in [6, 6.07) is 14.8. The van der Waals surface area contributed by atoms with Gasteiger partial charge in [0.1, 0.15) is 6.26 Å². The smallest absolute Gasteiger partial charge is 0.416 e. The fraction of sp³-hybridized carbons (Fsp3) is 0.360. The van der Waals surface area contributed by atoms with Crippen LogP contribution in [0.3, 0.4) is 0 Å². The number of rotatable bonds is 7. The maximum absolute atomic E-state index is 13.6. The highest BCUT2D eigenvalue weighted by atomic mass is 19.4. The molecule has 1 aromatic heterocycles. The largest absolute Gasteiger partial charge is 0.447 e. The van der Waals surface area contributed by atoms with E-state index in [0.29, 0.717) is 26.3 Å². The maximum Gasteiger partial charge on any atom is 0.416 e. The number of ether oxygens (including phenoxy) is 1. The molecule has 0 N–H and O–H groups in total. The van der Waals surface area contributed by atoms with Crippen molar-refractivity contribution in [2.45, 2.75) is 32.2 Å². The minimum absolute atomic E-state index is 0.0286. The zero-order valence-corrected chi connectivity index (χ0v) is 18.8. The van der Waals surface area contributed by atoms with Crippen molar-refractivity contribution in [3.8, 4) is 0 Å². The Morgan fingerprint density at radius 1 is 1.06 bits per heavy atom. The summed E-state index contributed by atoms with van der Waals surface area (Å²) >= 11 is 0. The molecule has 1 unspecified atom stereocenters. The van der Waals surface area contributed by atoms with Gasteiger partial charge in [0.2, 0.25) is 5.89 Å². The van der Waals surface area contributed by atoms with Crippen LogP contribution in [0.2, 0.25) is 0 Å². The van der Waals surface area contributed by atoms with Gasteiger partial charge in [-0.15, -0.1) is 0 Å². The molecule has 180 valence electrons. The summed E-state index contributed by atoms with van der Waals surface area (Å²) in [4.78, 5) is 20.6. The van der Waals surface area contributed by atoms with Crippen LogP contribution >= 0.6 is 0 Å². The molecule has 0 spiro atoms. The molecule has 0 aliphatic carbocycles. The van der Waals surface area contributed by atoms with Crippen LogP contribution in [-0.4, -0.2) is 47.0 Å². The van der Waals surface area contributed by atoms with Gasteiger partial charge < -0.3 is 14.1 Å². The summed E-state index contributed by atoms with van der Waals surface area (Å²) in [5, 5.41) is 0. The van der Waals surface area contributed by atoms with Gasteiger partial charge in [-0.25, -0.2) is 4.98 Å². The molecule has 1 fully saturated rings. The van der Waals surface area contributed by atoms with E-state index in [2.05, 4.69) is 4.98 Å². The Kier molecular flexibility index (Phi) is 7.33. The van der Waals surface area contributed by atoms with E-state index >= 15 is 0 Å². The fourth-order valence-corrected chi connectivity index (χ4v) is 4.01. The third-order valence-electron chi connectivity index (χ3n) is 5.93. The molecule has 1 aliphatic rings. The van der Waals surface area contributed by atoms with Crippen molar-refractivity contribution in [1.29, 1.82) is 0 Å². The fourth-order valence-electron chi connectivity index (χ4n) is 4.01. The minimum atomic E-state index is -4.46. The topological polar surface area (TPSA) is 58.8 Å². The second kappa shape index (κ2) is 10.4. The molecule has 0 bridgehead atoms. The number of carbonyl (C=O) groups excluding carboxylic acids is 1. The number of hydrogen-bond acceptors (Lipinski definition) is 5. The van der Waals surface area contributed by atoms with Gasteiger partial charge >= 0.3 is 6.18 Å². The highest BCUT2D eigenvalue weighted by Gasteiger charge is 2.34. The van der Waals surface area contributed by atoms with Crippen molar-refractivity contribution >= 4 is 5.91 Å². The molecule has 1 amide bonds. The van der Waals surface area contributed by atoms with Crippen LogP contribution in [0.1, 0.15) is 46.0 Å². The standard InChI is InChI=1S/C25H26F3N3O3/c1-18(19-7-3-2-4-8-19)31(15-20-9-5-6-10-21(20)25(26,27)28)16-23-29-22(17-34-23)24(32)30-11-13-33-14-12-30/h2-10,17-18H,11-16H2,1H3. The quantitative estimate of drug-likeness (QED) is 0.487. The second-order valence-electron chi connectivity index (χ2n) is 8.18. The molecular weight excluding hydrogens is 447 g/mol. The Labute approximate surface area is 195 Å². The predicted octanol–water partition coefficient (Wildman–Crippen LogP) is 4.93. The van der Waals surface area contributed by atoms with E-state index in [0.717, 1.165) is 11.6 Å². The molecular formula is C25H26F3N3O3. The van der Waals surface area contributed by atoms with Gasteiger partial charge in [-0.3, -0.25) is 9.69 Å². The highest BCUT2D eigenvalue weighted by molar-refractivity contribution is 5.92. The van der Waals surface area contributed by atoms with Crippen LogP contribution in [0.4, 0.5) is 13.2 Å². The molecule has 0 saturated carbocycles. The molecule has 34 heavy (non-hydrogen) atoms. The molecule has 4 rings (SSSR count). The van der Waals surface area contributed by atoms with Crippen LogP contribution < -0.4 is 0 Å². The summed E-state index contributed by atoms with van der Waals surface area (Å²) < 4.78 is 51.7. The van der Waals surface area contributed by atoms with Crippen LogP contribution in [0.15, 0.2) is 65.3 Å². The molecule has 1 atom stereocenters. The SMILES string of the molecule is CC(c1ccccc1)N(Cc1nc(C(=O)N2CCOCC2)co1)Cc1ccccc1C(F)(F)F. The number of alkyl halides is 3.